The maximum Gasteiger partial charge on any atom is 0.298 e. The highest BCUT2D eigenvalue weighted by atomic mass is 35.5. The molecule has 23 heavy (non-hydrogen) atoms. The van der Waals surface area contributed by atoms with Crippen molar-refractivity contribution < 1.29 is 9.21 Å². The van der Waals surface area contributed by atoms with E-state index in [2.05, 4.69) is 9.88 Å². The Balaban J connectivity index is 0.00000132. The lowest BCUT2D eigenvalue weighted by Crippen LogP contribution is -2.51. The number of halogens is 2. The summed E-state index contributed by atoms with van der Waals surface area (Å²) in [5.74, 6) is 0.0237. The fraction of sp³-hybridized carbons (Fsp3) is 0.467. The molecule has 1 aliphatic rings. The van der Waals surface area contributed by atoms with E-state index in [-0.39, 0.29) is 36.6 Å². The van der Waals surface area contributed by atoms with Crippen molar-refractivity contribution in [2.24, 2.45) is 11.7 Å². The van der Waals surface area contributed by atoms with Crippen LogP contribution >= 0.6 is 24.8 Å². The van der Waals surface area contributed by atoms with Gasteiger partial charge in [0.05, 0.1) is 0 Å². The minimum absolute atomic E-state index is 0. The SMILES string of the molecule is CC(CN)C(=O)N1CCN(c2nc3ccccc3o2)CC1.Cl.Cl. The molecule has 0 radical (unpaired) electrons. The van der Waals surface area contributed by atoms with E-state index in [0.29, 0.717) is 25.6 Å². The molecule has 1 aliphatic heterocycles. The topological polar surface area (TPSA) is 75.6 Å². The zero-order chi connectivity index (χ0) is 14.8. The van der Waals surface area contributed by atoms with Crippen molar-refractivity contribution in [2.45, 2.75) is 6.92 Å². The van der Waals surface area contributed by atoms with Gasteiger partial charge in [-0.2, -0.15) is 4.98 Å². The highest BCUT2D eigenvalue weighted by Gasteiger charge is 2.26. The third-order valence-corrected chi connectivity index (χ3v) is 3.92. The molecule has 2 N–H and O–H groups in total. The second kappa shape index (κ2) is 8.38. The number of para-hydroxylation sites is 2. The molecule has 2 heterocycles. The molecule has 1 fully saturated rings. The van der Waals surface area contributed by atoms with Gasteiger partial charge >= 0.3 is 0 Å². The normalized spacial score (nSPS) is 15.7. The van der Waals surface area contributed by atoms with Crippen LogP contribution in [0.5, 0.6) is 0 Å². The highest BCUT2D eigenvalue weighted by molar-refractivity contribution is 5.85. The van der Waals surface area contributed by atoms with Crippen LogP contribution in [0.3, 0.4) is 0 Å². The smallest absolute Gasteiger partial charge is 0.298 e. The molecule has 128 valence electrons. The number of hydrogen-bond acceptors (Lipinski definition) is 5. The van der Waals surface area contributed by atoms with E-state index in [1.54, 1.807) is 0 Å². The molecule has 0 aliphatic carbocycles. The molecule has 1 aromatic heterocycles. The Morgan fingerprint density at radius 1 is 1.26 bits per heavy atom. The van der Waals surface area contributed by atoms with Gasteiger partial charge in [0.15, 0.2) is 5.58 Å². The van der Waals surface area contributed by atoms with Crippen LogP contribution < -0.4 is 10.6 Å². The number of oxazole rings is 1. The molecule has 0 bridgehead atoms. The maximum atomic E-state index is 12.1. The van der Waals surface area contributed by atoms with Gasteiger partial charge in [-0.3, -0.25) is 4.79 Å². The number of anilines is 1. The van der Waals surface area contributed by atoms with E-state index in [0.717, 1.165) is 24.2 Å². The lowest BCUT2D eigenvalue weighted by atomic mass is 10.1. The molecule has 1 unspecified atom stereocenters. The molecule has 3 rings (SSSR count). The van der Waals surface area contributed by atoms with Crippen LogP contribution in [-0.2, 0) is 4.79 Å². The Hall–Kier alpha value is -1.50. The number of aromatic nitrogens is 1. The standard InChI is InChI=1S/C15H20N4O2.2ClH/c1-11(10-16)14(20)18-6-8-19(9-7-18)15-17-12-4-2-3-5-13(12)21-15;;/h2-5,11H,6-10,16H2,1H3;2*1H. The minimum Gasteiger partial charge on any atom is -0.423 e. The van der Waals surface area contributed by atoms with Crippen LogP contribution in [0.1, 0.15) is 6.92 Å². The van der Waals surface area contributed by atoms with E-state index in [9.17, 15) is 4.79 Å². The Morgan fingerprint density at radius 2 is 1.91 bits per heavy atom. The van der Waals surface area contributed by atoms with Crippen LogP contribution in [0, 0.1) is 5.92 Å². The molecular weight excluding hydrogens is 339 g/mol. The third-order valence-electron chi connectivity index (χ3n) is 3.92. The molecule has 1 saturated heterocycles. The van der Waals surface area contributed by atoms with Crippen molar-refractivity contribution in [1.82, 2.24) is 9.88 Å². The van der Waals surface area contributed by atoms with E-state index in [1.165, 1.54) is 0 Å². The molecule has 0 spiro atoms. The summed E-state index contributed by atoms with van der Waals surface area (Å²) < 4.78 is 5.76. The average molecular weight is 361 g/mol. The Kier molecular flexibility index (Phi) is 7.12. The summed E-state index contributed by atoms with van der Waals surface area (Å²) in [5, 5.41) is 0. The van der Waals surface area contributed by atoms with Gasteiger partial charge < -0.3 is 20.0 Å². The molecule has 1 amide bonds. The zero-order valence-electron chi connectivity index (χ0n) is 13.0. The van der Waals surface area contributed by atoms with E-state index >= 15 is 0 Å². The first-order chi connectivity index (χ1) is 10.2. The lowest BCUT2D eigenvalue weighted by Gasteiger charge is -2.35. The van der Waals surface area contributed by atoms with Crippen LogP contribution in [0.4, 0.5) is 6.01 Å². The van der Waals surface area contributed by atoms with Crippen molar-refractivity contribution in [2.75, 3.05) is 37.6 Å². The third kappa shape index (κ3) is 4.07. The summed E-state index contributed by atoms with van der Waals surface area (Å²) in [4.78, 5) is 20.5. The molecule has 0 saturated carbocycles. The fourth-order valence-corrected chi connectivity index (χ4v) is 2.53. The van der Waals surface area contributed by atoms with Crippen LogP contribution in [0.15, 0.2) is 28.7 Å². The van der Waals surface area contributed by atoms with Crippen LogP contribution in [-0.4, -0.2) is 48.5 Å². The first-order valence-electron chi connectivity index (χ1n) is 7.28. The second-order valence-electron chi connectivity index (χ2n) is 5.41. The highest BCUT2D eigenvalue weighted by Crippen LogP contribution is 2.22. The number of amides is 1. The van der Waals surface area contributed by atoms with Gasteiger partial charge in [0.25, 0.3) is 6.01 Å². The summed E-state index contributed by atoms with van der Waals surface area (Å²) in [7, 11) is 0. The predicted octanol–water partition coefficient (Wildman–Crippen LogP) is 1.91. The number of piperazine rings is 1. The van der Waals surface area contributed by atoms with Crippen molar-refractivity contribution in [3.8, 4) is 0 Å². The Morgan fingerprint density at radius 3 is 2.52 bits per heavy atom. The van der Waals surface area contributed by atoms with E-state index in [1.807, 2.05) is 36.1 Å². The summed E-state index contributed by atoms with van der Waals surface area (Å²) in [6, 6.07) is 8.36. The molecule has 1 atom stereocenters. The largest absolute Gasteiger partial charge is 0.423 e. The molecule has 1 aromatic carbocycles. The number of carbonyl (C=O) groups is 1. The Bertz CT molecular complexity index is 608. The van der Waals surface area contributed by atoms with Gasteiger partial charge in [-0.25, -0.2) is 0 Å². The number of nitrogens with two attached hydrogens (primary N) is 1. The molecule has 6 nitrogen and oxygen atoms in total. The van der Waals surface area contributed by atoms with Gasteiger partial charge in [0.2, 0.25) is 5.91 Å². The molecular formula is C15H22Cl2N4O2. The summed E-state index contributed by atoms with van der Waals surface area (Å²) in [5.41, 5.74) is 7.22. The van der Waals surface area contributed by atoms with Crippen LogP contribution in [0.25, 0.3) is 11.1 Å². The number of rotatable bonds is 3. The quantitative estimate of drug-likeness (QED) is 0.904. The minimum atomic E-state index is -0.110. The van der Waals surface area contributed by atoms with Crippen LogP contribution in [0.2, 0.25) is 0 Å². The Labute approximate surface area is 147 Å². The van der Waals surface area contributed by atoms with E-state index < -0.39 is 0 Å². The maximum absolute atomic E-state index is 12.1. The van der Waals surface area contributed by atoms with Crippen molar-refractivity contribution >= 4 is 47.8 Å². The van der Waals surface area contributed by atoms with Gasteiger partial charge in [0, 0.05) is 38.6 Å². The summed E-state index contributed by atoms with van der Waals surface area (Å²) in [6.45, 7) is 5.09. The molecule has 8 heteroatoms. The number of fused-ring (bicyclic) bond motifs is 1. The monoisotopic (exact) mass is 360 g/mol. The summed E-state index contributed by atoms with van der Waals surface area (Å²) >= 11 is 0. The van der Waals surface area contributed by atoms with Crippen molar-refractivity contribution in [3.63, 3.8) is 0 Å². The number of hydrogen-bond donors (Lipinski definition) is 1. The van der Waals surface area contributed by atoms with Crippen molar-refractivity contribution in [3.05, 3.63) is 24.3 Å². The predicted molar refractivity (Wildman–Crippen MR) is 95.5 cm³/mol. The van der Waals surface area contributed by atoms with E-state index in [4.69, 9.17) is 10.2 Å². The number of nitrogens with zero attached hydrogens (tertiary/aromatic N) is 3. The van der Waals surface area contributed by atoms with Gasteiger partial charge in [-0.05, 0) is 12.1 Å². The summed E-state index contributed by atoms with van der Waals surface area (Å²) in [6.07, 6.45) is 0. The number of benzene rings is 1. The van der Waals surface area contributed by atoms with Gasteiger partial charge in [-0.1, -0.05) is 19.1 Å². The van der Waals surface area contributed by atoms with Gasteiger partial charge in [-0.15, -0.1) is 24.8 Å². The average Bonchev–Trinajstić information content (AvgIpc) is 2.97. The van der Waals surface area contributed by atoms with Gasteiger partial charge in [0.1, 0.15) is 5.52 Å². The fourth-order valence-electron chi connectivity index (χ4n) is 2.53. The molecule has 2 aromatic rings. The first-order valence-corrected chi connectivity index (χ1v) is 7.28. The first kappa shape index (κ1) is 19.5. The zero-order valence-corrected chi connectivity index (χ0v) is 14.6. The lowest BCUT2D eigenvalue weighted by molar-refractivity contribution is -0.135. The second-order valence-corrected chi connectivity index (χ2v) is 5.41. The van der Waals surface area contributed by atoms with Crippen molar-refractivity contribution in [1.29, 1.82) is 0 Å². The number of carbonyl (C=O) groups excluding carboxylic acids is 1.